The van der Waals surface area contributed by atoms with Gasteiger partial charge in [0.15, 0.2) is 0 Å². The number of alkyl halides is 1. The van der Waals surface area contributed by atoms with E-state index in [2.05, 4.69) is 26.2 Å². The number of nitrogens with zero attached hydrogens (tertiary/aromatic N) is 3. The second-order valence-electron chi connectivity index (χ2n) is 3.69. The number of rotatable bonds is 3. The van der Waals surface area contributed by atoms with Gasteiger partial charge in [0.25, 0.3) is 0 Å². The fourth-order valence-corrected chi connectivity index (χ4v) is 1.99. The molecule has 1 atom stereocenters. The van der Waals surface area contributed by atoms with E-state index in [9.17, 15) is 0 Å². The van der Waals surface area contributed by atoms with Gasteiger partial charge in [0.1, 0.15) is 0 Å². The normalized spacial score (nSPS) is 12.7. The van der Waals surface area contributed by atoms with Gasteiger partial charge in [-0.3, -0.25) is 0 Å². The molecule has 0 fully saturated rings. The van der Waals surface area contributed by atoms with Crippen molar-refractivity contribution in [2.45, 2.75) is 18.3 Å². The first kappa shape index (κ1) is 12.9. The van der Waals surface area contributed by atoms with E-state index in [1.807, 2.05) is 19.2 Å². The first-order valence-corrected chi connectivity index (χ1v) is 6.71. The van der Waals surface area contributed by atoms with Crippen LogP contribution in [0.25, 0.3) is 0 Å². The zero-order chi connectivity index (χ0) is 12.4. The second kappa shape index (κ2) is 5.38. The van der Waals surface area contributed by atoms with E-state index in [4.69, 9.17) is 23.2 Å². The zero-order valence-electron chi connectivity index (χ0n) is 9.07. The van der Waals surface area contributed by atoms with E-state index >= 15 is 0 Å². The largest absolute Gasteiger partial charge is 0.248 e. The Bertz CT molecular complexity index is 525. The predicted molar refractivity (Wildman–Crippen MR) is 72.9 cm³/mol. The van der Waals surface area contributed by atoms with Crippen molar-refractivity contribution in [1.29, 1.82) is 0 Å². The Labute approximate surface area is 118 Å². The van der Waals surface area contributed by atoms with Gasteiger partial charge in [0, 0.05) is 16.2 Å². The molecule has 17 heavy (non-hydrogen) atoms. The topological polar surface area (TPSA) is 30.7 Å². The monoisotopic (exact) mass is 333 g/mol. The van der Waals surface area contributed by atoms with Crippen LogP contribution in [0.2, 0.25) is 10.0 Å². The van der Waals surface area contributed by atoms with Gasteiger partial charge in [-0.25, -0.2) is 4.68 Å². The van der Waals surface area contributed by atoms with Crippen LogP contribution >= 0.6 is 39.1 Å². The van der Waals surface area contributed by atoms with Crippen LogP contribution in [-0.2, 0) is 6.54 Å². The second-order valence-corrected chi connectivity index (χ2v) is 5.91. The molecule has 1 unspecified atom stereocenters. The quantitative estimate of drug-likeness (QED) is 0.791. The van der Waals surface area contributed by atoms with E-state index < -0.39 is 0 Å². The molecule has 0 saturated heterocycles. The standard InChI is InChI=1S/C11H10BrCl2N3/c1-7(12)11-6-17(16-15-11)5-8-4-9(13)2-3-10(8)14/h2-4,6-7H,5H2,1H3. The first-order chi connectivity index (χ1) is 8.06. The van der Waals surface area contributed by atoms with Crippen LogP contribution in [0.15, 0.2) is 24.4 Å². The molecular weight excluding hydrogens is 325 g/mol. The van der Waals surface area contributed by atoms with Crippen LogP contribution in [0.5, 0.6) is 0 Å². The molecule has 0 amide bonds. The van der Waals surface area contributed by atoms with Crippen molar-refractivity contribution in [1.82, 2.24) is 15.0 Å². The number of halogens is 3. The highest BCUT2D eigenvalue weighted by atomic mass is 79.9. The molecule has 0 spiro atoms. The molecule has 0 saturated carbocycles. The van der Waals surface area contributed by atoms with Crippen LogP contribution in [0.4, 0.5) is 0 Å². The molecule has 2 aromatic rings. The van der Waals surface area contributed by atoms with Crippen molar-refractivity contribution >= 4 is 39.1 Å². The van der Waals surface area contributed by atoms with Crippen molar-refractivity contribution in [3.8, 4) is 0 Å². The van der Waals surface area contributed by atoms with Crippen LogP contribution in [-0.4, -0.2) is 15.0 Å². The summed E-state index contributed by atoms with van der Waals surface area (Å²) < 4.78 is 1.74. The Hall–Kier alpha value is -0.580. The molecule has 0 aliphatic rings. The van der Waals surface area contributed by atoms with Crippen LogP contribution < -0.4 is 0 Å². The summed E-state index contributed by atoms with van der Waals surface area (Å²) in [5.41, 5.74) is 1.82. The number of benzene rings is 1. The third kappa shape index (κ3) is 3.21. The third-order valence-electron chi connectivity index (χ3n) is 2.30. The maximum Gasteiger partial charge on any atom is 0.0960 e. The lowest BCUT2D eigenvalue weighted by Gasteiger charge is -2.04. The molecule has 0 radical (unpaired) electrons. The summed E-state index contributed by atoms with van der Waals surface area (Å²) in [4.78, 5) is 0.186. The number of aromatic nitrogens is 3. The Morgan fingerprint density at radius 2 is 2.18 bits per heavy atom. The van der Waals surface area contributed by atoms with Gasteiger partial charge in [-0.2, -0.15) is 0 Å². The fourth-order valence-electron chi connectivity index (χ4n) is 1.41. The summed E-state index contributed by atoms with van der Waals surface area (Å²) >= 11 is 15.5. The maximum atomic E-state index is 6.09. The summed E-state index contributed by atoms with van der Waals surface area (Å²) in [6.07, 6.45) is 1.89. The average molecular weight is 335 g/mol. The van der Waals surface area contributed by atoms with E-state index in [-0.39, 0.29) is 4.83 Å². The van der Waals surface area contributed by atoms with E-state index in [1.54, 1.807) is 16.8 Å². The van der Waals surface area contributed by atoms with Crippen molar-refractivity contribution < 1.29 is 0 Å². The van der Waals surface area contributed by atoms with Gasteiger partial charge in [-0.15, -0.1) is 5.10 Å². The molecule has 3 nitrogen and oxygen atoms in total. The molecule has 6 heteroatoms. The Balaban J connectivity index is 2.22. The molecule has 0 aliphatic heterocycles. The molecule has 90 valence electrons. The molecule has 1 aromatic heterocycles. The van der Waals surface area contributed by atoms with Crippen LogP contribution in [0.1, 0.15) is 23.0 Å². The predicted octanol–water partition coefficient (Wildman–Crippen LogP) is 4.09. The molecule has 1 aromatic carbocycles. The number of hydrogen-bond donors (Lipinski definition) is 0. The summed E-state index contributed by atoms with van der Waals surface area (Å²) in [6.45, 7) is 2.56. The zero-order valence-corrected chi connectivity index (χ0v) is 12.2. The van der Waals surface area contributed by atoms with Gasteiger partial charge in [0.2, 0.25) is 0 Å². The minimum Gasteiger partial charge on any atom is -0.248 e. The molecule has 0 N–H and O–H groups in total. The first-order valence-electron chi connectivity index (χ1n) is 5.04. The summed E-state index contributed by atoms with van der Waals surface area (Å²) in [5.74, 6) is 0. The van der Waals surface area contributed by atoms with Gasteiger partial charge < -0.3 is 0 Å². The highest BCUT2D eigenvalue weighted by Gasteiger charge is 2.08. The molecule has 0 aliphatic carbocycles. The lowest BCUT2D eigenvalue weighted by molar-refractivity contribution is 0.649. The van der Waals surface area contributed by atoms with E-state index in [1.165, 1.54) is 0 Å². The Morgan fingerprint density at radius 3 is 2.82 bits per heavy atom. The summed E-state index contributed by atoms with van der Waals surface area (Å²) in [6, 6.07) is 5.38. The van der Waals surface area contributed by atoms with E-state index in [0.717, 1.165) is 11.3 Å². The number of hydrogen-bond acceptors (Lipinski definition) is 2. The van der Waals surface area contributed by atoms with Crippen LogP contribution in [0.3, 0.4) is 0 Å². The lowest BCUT2D eigenvalue weighted by atomic mass is 10.2. The van der Waals surface area contributed by atoms with Crippen LogP contribution in [0, 0.1) is 0 Å². The summed E-state index contributed by atoms with van der Waals surface area (Å²) in [7, 11) is 0. The SMILES string of the molecule is CC(Br)c1cn(Cc2cc(Cl)ccc2Cl)nn1. The third-order valence-corrected chi connectivity index (χ3v) is 3.38. The Kier molecular flexibility index (Phi) is 4.07. The smallest absolute Gasteiger partial charge is 0.0960 e. The maximum absolute atomic E-state index is 6.09. The molecule has 1 heterocycles. The van der Waals surface area contributed by atoms with Crippen molar-refractivity contribution in [3.63, 3.8) is 0 Å². The van der Waals surface area contributed by atoms with Crippen molar-refractivity contribution in [3.05, 3.63) is 45.7 Å². The molecular formula is C11H10BrCl2N3. The van der Waals surface area contributed by atoms with Gasteiger partial charge in [0.05, 0.1) is 17.1 Å². The van der Waals surface area contributed by atoms with Gasteiger partial charge in [-0.1, -0.05) is 44.3 Å². The van der Waals surface area contributed by atoms with E-state index in [0.29, 0.717) is 16.6 Å². The molecule has 2 rings (SSSR count). The minimum absolute atomic E-state index is 0.186. The molecule has 0 bridgehead atoms. The minimum atomic E-state index is 0.186. The van der Waals surface area contributed by atoms with Crippen molar-refractivity contribution in [2.24, 2.45) is 0 Å². The lowest BCUT2D eigenvalue weighted by Crippen LogP contribution is -2.01. The van der Waals surface area contributed by atoms with Gasteiger partial charge >= 0.3 is 0 Å². The highest BCUT2D eigenvalue weighted by Crippen LogP contribution is 2.22. The highest BCUT2D eigenvalue weighted by molar-refractivity contribution is 9.09. The fraction of sp³-hybridized carbons (Fsp3) is 0.273. The Morgan fingerprint density at radius 1 is 1.41 bits per heavy atom. The average Bonchev–Trinajstić information content (AvgIpc) is 2.72. The van der Waals surface area contributed by atoms with Gasteiger partial charge in [-0.05, 0) is 30.7 Å². The van der Waals surface area contributed by atoms with Crippen molar-refractivity contribution in [2.75, 3.05) is 0 Å². The summed E-state index contributed by atoms with van der Waals surface area (Å²) in [5, 5.41) is 9.44.